The summed E-state index contributed by atoms with van der Waals surface area (Å²) in [6.45, 7) is 4.46. The molecule has 0 atom stereocenters. The molecule has 0 fully saturated rings. The highest BCUT2D eigenvalue weighted by Gasteiger charge is 2.35. The van der Waals surface area contributed by atoms with Gasteiger partial charge in [0.1, 0.15) is 12.4 Å². The van der Waals surface area contributed by atoms with Crippen molar-refractivity contribution in [3.8, 4) is 5.75 Å². The van der Waals surface area contributed by atoms with Gasteiger partial charge in [0, 0.05) is 13.7 Å². The van der Waals surface area contributed by atoms with Gasteiger partial charge in [0.05, 0.1) is 17.6 Å². The van der Waals surface area contributed by atoms with Crippen molar-refractivity contribution in [1.82, 2.24) is 5.32 Å². The van der Waals surface area contributed by atoms with Crippen LogP contribution in [0.25, 0.3) is 0 Å². The lowest BCUT2D eigenvalue weighted by Crippen LogP contribution is -2.42. The fraction of sp³-hybridized carbons (Fsp3) is 0.529. The fourth-order valence-electron chi connectivity index (χ4n) is 2.24. The molecule has 0 heterocycles. The third-order valence-electron chi connectivity index (χ3n) is 4.07. The van der Waals surface area contributed by atoms with Crippen LogP contribution in [0.3, 0.4) is 0 Å². The Morgan fingerprint density at radius 3 is 2.39 bits per heavy atom. The number of nitrogens with one attached hydrogen (secondary N) is 1. The van der Waals surface area contributed by atoms with E-state index in [0.29, 0.717) is 37.4 Å². The zero-order valence-electron chi connectivity index (χ0n) is 13.9. The van der Waals surface area contributed by atoms with Gasteiger partial charge in [0.25, 0.3) is 5.91 Å². The highest BCUT2D eigenvalue weighted by atomic mass is 16.5. The molecule has 0 aromatic heterocycles. The summed E-state index contributed by atoms with van der Waals surface area (Å²) in [6.07, 6.45) is 0.899. The number of carbonyl (C=O) groups excluding carboxylic acids is 1. The average molecular weight is 323 g/mol. The molecule has 1 amide bonds. The van der Waals surface area contributed by atoms with Crippen molar-refractivity contribution >= 4 is 11.9 Å². The molecule has 0 saturated carbocycles. The Morgan fingerprint density at radius 1 is 1.17 bits per heavy atom. The van der Waals surface area contributed by atoms with Crippen molar-refractivity contribution in [2.45, 2.75) is 26.7 Å². The topological polar surface area (TPSA) is 84.9 Å². The molecule has 2 N–H and O–H groups in total. The summed E-state index contributed by atoms with van der Waals surface area (Å²) in [5.41, 5.74) is -0.559. The van der Waals surface area contributed by atoms with Crippen LogP contribution >= 0.6 is 0 Å². The first-order chi connectivity index (χ1) is 11.0. The Morgan fingerprint density at radius 2 is 1.83 bits per heavy atom. The zero-order valence-corrected chi connectivity index (χ0v) is 13.9. The third kappa shape index (κ3) is 4.96. The van der Waals surface area contributed by atoms with Gasteiger partial charge in [-0.05, 0) is 25.0 Å². The Bertz CT molecular complexity index is 525. The van der Waals surface area contributed by atoms with Crippen LogP contribution in [0.1, 0.15) is 37.0 Å². The molecule has 1 aromatic rings. The SMILES string of the molecule is CCC(CC)(CNC(=O)c1ccccc1OCCOC)C(=O)O. The van der Waals surface area contributed by atoms with Crippen molar-refractivity contribution < 1.29 is 24.2 Å². The predicted molar refractivity (Wildman–Crippen MR) is 86.8 cm³/mol. The molecule has 0 aliphatic carbocycles. The molecule has 0 radical (unpaired) electrons. The van der Waals surface area contributed by atoms with Crippen LogP contribution in [0.2, 0.25) is 0 Å². The van der Waals surface area contributed by atoms with Crippen LogP contribution in [0.15, 0.2) is 24.3 Å². The standard InChI is InChI=1S/C17H25NO5/c1-4-17(5-2,16(20)21)12-18-15(19)13-8-6-7-9-14(13)23-11-10-22-3/h6-9H,4-5,10-12H2,1-3H3,(H,18,19)(H,20,21). The highest BCUT2D eigenvalue weighted by Crippen LogP contribution is 2.26. The quantitative estimate of drug-likeness (QED) is 0.646. The minimum Gasteiger partial charge on any atom is -0.490 e. The summed E-state index contributed by atoms with van der Waals surface area (Å²) in [6, 6.07) is 6.87. The van der Waals surface area contributed by atoms with E-state index < -0.39 is 11.4 Å². The molecule has 6 nitrogen and oxygen atoms in total. The minimum absolute atomic E-state index is 0.0839. The van der Waals surface area contributed by atoms with Gasteiger partial charge in [0.15, 0.2) is 0 Å². The molecule has 0 saturated heterocycles. The Labute approximate surface area is 136 Å². The van der Waals surface area contributed by atoms with Gasteiger partial charge in [-0.15, -0.1) is 0 Å². The molecular weight excluding hydrogens is 298 g/mol. The normalized spacial score (nSPS) is 11.1. The molecule has 6 heteroatoms. The van der Waals surface area contributed by atoms with E-state index in [1.54, 1.807) is 31.4 Å². The van der Waals surface area contributed by atoms with Gasteiger partial charge in [-0.25, -0.2) is 0 Å². The monoisotopic (exact) mass is 323 g/mol. The molecule has 128 valence electrons. The number of carbonyl (C=O) groups is 2. The van der Waals surface area contributed by atoms with Crippen molar-refractivity contribution in [3.63, 3.8) is 0 Å². The highest BCUT2D eigenvalue weighted by molar-refractivity contribution is 5.97. The molecule has 0 spiro atoms. The molecule has 0 aliphatic rings. The number of carboxylic acids is 1. The summed E-state index contributed by atoms with van der Waals surface area (Å²) in [5.74, 6) is -0.783. The van der Waals surface area contributed by atoms with E-state index in [4.69, 9.17) is 9.47 Å². The van der Waals surface area contributed by atoms with Gasteiger partial charge in [-0.3, -0.25) is 9.59 Å². The number of amides is 1. The second-order valence-corrected chi connectivity index (χ2v) is 5.31. The molecule has 0 aliphatic heterocycles. The van der Waals surface area contributed by atoms with Gasteiger partial charge in [-0.1, -0.05) is 26.0 Å². The molecule has 23 heavy (non-hydrogen) atoms. The molecule has 1 aromatic carbocycles. The van der Waals surface area contributed by atoms with Crippen molar-refractivity contribution in [3.05, 3.63) is 29.8 Å². The van der Waals surface area contributed by atoms with Crippen LogP contribution in [0, 0.1) is 5.41 Å². The largest absolute Gasteiger partial charge is 0.490 e. The smallest absolute Gasteiger partial charge is 0.311 e. The van der Waals surface area contributed by atoms with Gasteiger partial charge < -0.3 is 19.9 Å². The Kier molecular flexibility index (Phi) is 7.54. The van der Waals surface area contributed by atoms with Gasteiger partial charge in [-0.2, -0.15) is 0 Å². The number of ether oxygens (including phenoxy) is 2. The fourth-order valence-corrected chi connectivity index (χ4v) is 2.24. The van der Waals surface area contributed by atoms with Crippen LogP contribution < -0.4 is 10.1 Å². The second kappa shape index (κ2) is 9.15. The number of carboxylic acid groups (broad SMARTS) is 1. The van der Waals surface area contributed by atoms with Gasteiger partial charge in [0.2, 0.25) is 0 Å². The number of aliphatic carboxylic acids is 1. The van der Waals surface area contributed by atoms with E-state index >= 15 is 0 Å². The number of para-hydroxylation sites is 1. The Balaban J connectivity index is 2.80. The van der Waals surface area contributed by atoms with Crippen molar-refractivity contribution in [1.29, 1.82) is 0 Å². The van der Waals surface area contributed by atoms with E-state index in [9.17, 15) is 14.7 Å². The lowest BCUT2D eigenvalue weighted by molar-refractivity contribution is -0.149. The second-order valence-electron chi connectivity index (χ2n) is 5.31. The molecule has 0 bridgehead atoms. The average Bonchev–Trinajstić information content (AvgIpc) is 2.56. The van der Waals surface area contributed by atoms with E-state index in [1.807, 2.05) is 13.8 Å². The first-order valence-corrected chi connectivity index (χ1v) is 7.73. The third-order valence-corrected chi connectivity index (χ3v) is 4.07. The number of rotatable bonds is 10. The number of hydrogen-bond donors (Lipinski definition) is 2. The first kappa shape index (κ1) is 19.0. The lowest BCUT2D eigenvalue weighted by atomic mass is 9.82. The molecular formula is C17H25NO5. The molecule has 1 rings (SSSR count). The lowest BCUT2D eigenvalue weighted by Gasteiger charge is -2.27. The molecule has 0 unspecified atom stereocenters. The number of benzene rings is 1. The van der Waals surface area contributed by atoms with E-state index in [1.165, 1.54) is 0 Å². The van der Waals surface area contributed by atoms with Crippen LogP contribution in [0.5, 0.6) is 5.75 Å². The van der Waals surface area contributed by atoms with Crippen LogP contribution in [-0.2, 0) is 9.53 Å². The number of hydrogen-bond acceptors (Lipinski definition) is 4. The minimum atomic E-state index is -0.943. The summed E-state index contributed by atoms with van der Waals surface area (Å²) in [5, 5.41) is 12.1. The van der Waals surface area contributed by atoms with E-state index in [2.05, 4.69) is 5.32 Å². The summed E-state index contributed by atoms with van der Waals surface area (Å²) >= 11 is 0. The predicted octanol–water partition coefficient (Wildman–Crippen LogP) is 2.33. The maximum absolute atomic E-state index is 12.4. The zero-order chi connectivity index (χ0) is 17.3. The summed E-state index contributed by atoms with van der Waals surface area (Å²) in [4.78, 5) is 23.9. The summed E-state index contributed by atoms with van der Waals surface area (Å²) < 4.78 is 10.4. The van der Waals surface area contributed by atoms with E-state index in [0.717, 1.165) is 0 Å². The maximum atomic E-state index is 12.4. The summed E-state index contributed by atoms with van der Waals surface area (Å²) in [7, 11) is 1.57. The van der Waals surface area contributed by atoms with Crippen molar-refractivity contribution in [2.75, 3.05) is 26.9 Å². The Hall–Kier alpha value is -2.08. The van der Waals surface area contributed by atoms with Crippen LogP contribution in [-0.4, -0.2) is 43.9 Å². The van der Waals surface area contributed by atoms with Crippen LogP contribution in [0.4, 0.5) is 0 Å². The maximum Gasteiger partial charge on any atom is 0.311 e. The first-order valence-electron chi connectivity index (χ1n) is 7.73. The van der Waals surface area contributed by atoms with E-state index in [-0.39, 0.29) is 12.5 Å². The number of methoxy groups -OCH3 is 1. The van der Waals surface area contributed by atoms with Gasteiger partial charge >= 0.3 is 5.97 Å². The van der Waals surface area contributed by atoms with Crippen molar-refractivity contribution in [2.24, 2.45) is 5.41 Å².